The minimum atomic E-state index is 0.402. The van der Waals surface area contributed by atoms with Crippen molar-refractivity contribution in [3.8, 4) is 23.0 Å². The highest BCUT2D eigenvalue weighted by molar-refractivity contribution is 6.30. The normalized spacial score (nSPS) is 10.4. The van der Waals surface area contributed by atoms with Crippen molar-refractivity contribution in [2.75, 3.05) is 5.73 Å². The summed E-state index contributed by atoms with van der Waals surface area (Å²) < 4.78 is 0. The van der Waals surface area contributed by atoms with E-state index in [0.717, 1.165) is 32.7 Å². The second-order valence-electron chi connectivity index (χ2n) is 5.54. The lowest BCUT2D eigenvalue weighted by molar-refractivity contribution is 1.29. The molecule has 0 aliphatic carbocycles. The first-order valence-electron chi connectivity index (χ1n) is 7.67. The summed E-state index contributed by atoms with van der Waals surface area (Å²) in [4.78, 5) is 11.6. The Hall–Kier alpha value is -3.29. The van der Waals surface area contributed by atoms with Gasteiger partial charge in [-0.15, -0.1) is 0 Å². The van der Waals surface area contributed by atoms with Gasteiger partial charge in [-0.25, -0.2) is 9.97 Å². The minimum absolute atomic E-state index is 0.402. The molecule has 0 saturated carbocycles. The maximum atomic E-state index is 5.91. The summed E-state index contributed by atoms with van der Waals surface area (Å²) in [5.41, 5.74) is 11.0. The molecule has 4 rings (SSSR count). The van der Waals surface area contributed by atoms with E-state index in [-0.39, 0.29) is 0 Å². The first-order chi connectivity index (χ1) is 12.2. The molecule has 3 N–H and O–H groups in total. The Kier molecular flexibility index (Phi) is 3.85. The van der Waals surface area contributed by atoms with Crippen LogP contribution < -0.4 is 5.73 Å². The lowest BCUT2D eigenvalue weighted by atomic mass is 10.1. The van der Waals surface area contributed by atoms with Crippen molar-refractivity contribution in [1.82, 2.24) is 15.0 Å². The van der Waals surface area contributed by atoms with Crippen LogP contribution in [-0.4, -0.2) is 15.0 Å². The average Bonchev–Trinajstić information content (AvgIpc) is 3.00. The number of halogens is 1. The molecule has 0 bridgehead atoms. The Balaban J connectivity index is 1.58. The molecule has 2 heterocycles. The van der Waals surface area contributed by atoms with Gasteiger partial charge in [0.2, 0.25) is 0 Å². The number of pyridine rings is 1. The number of imidazole rings is 1. The van der Waals surface area contributed by atoms with Gasteiger partial charge in [-0.1, -0.05) is 35.7 Å². The van der Waals surface area contributed by atoms with Gasteiger partial charge < -0.3 is 10.7 Å². The van der Waals surface area contributed by atoms with Gasteiger partial charge in [-0.05, 0) is 47.9 Å². The summed E-state index contributed by atoms with van der Waals surface area (Å²) in [5, 5.41) is 0.718. The van der Waals surface area contributed by atoms with Crippen molar-refractivity contribution in [2.45, 2.75) is 0 Å². The largest absolute Gasteiger partial charge is 0.369 e. The average molecular weight is 345 g/mol. The highest BCUT2D eigenvalue weighted by Crippen LogP contribution is 2.20. The molecule has 0 atom stereocenters. The van der Waals surface area contributed by atoms with E-state index >= 15 is 0 Å². The van der Waals surface area contributed by atoms with Gasteiger partial charge in [0.25, 0.3) is 0 Å². The lowest BCUT2D eigenvalue weighted by Crippen LogP contribution is -1.84. The van der Waals surface area contributed by atoms with Crippen LogP contribution in [0.25, 0.3) is 22.2 Å². The topological polar surface area (TPSA) is 67.6 Å². The minimum Gasteiger partial charge on any atom is -0.369 e. The highest BCUT2D eigenvalue weighted by atomic mass is 35.5. The zero-order chi connectivity index (χ0) is 17.2. The van der Waals surface area contributed by atoms with Gasteiger partial charge >= 0.3 is 0 Å². The molecule has 5 heteroatoms. The summed E-state index contributed by atoms with van der Waals surface area (Å²) >= 11 is 5.91. The number of nitrogen functional groups attached to an aromatic ring is 1. The molecule has 2 aromatic heterocycles. The van der Waals surface area contributed by atoms with Gasteiger partial charge in [0, 0.05) is 22.3 Å². The molecule has 0 spiro atoms. The molecule has 0 aliphatic rings. The fourth-order valence-corrected chi connectivity index (χ4v) is 2.65. The van der Waals surface area contributed by atoms with Gasteiger partial charge in [-0.2, -0.15) is 0 Å². The third-order valence-electron chi connectivity index (χ3n) is 3.78. The second kappa shape index (κ2) is 6.31. The van der Waals surface area contributed by atoms with E-state index in [9.17, 15) is 0 Å². The van der Waals surface area contributed by atoms with E-state index in [1.54, 1.807) is 0 Å². The van der Waals surface area contributed by atoms with Crippen molar-refractivity contribution in [1.29, 1.82) is 0 Å². The fourth-order valence-electron chi connectivity index (χ4n) is 2.52. The van der Waals surface area contributed by atoms with Gasteiger partial charge in [0.1, 0.15) is 5.69 Å². The molecule has 0 saturated heterocycles. The number of fused-ring (bicyclic) bond motifs is 1. The van der Waals surface area contributed by atoms with Crippen LogP contribution in [0.4, 0.5) is 5.95 Å². The Morgan fingerprint density at radius 2 is 1.72 bits per heavy atom. The third-order valence-corrected chi connectivity index (χ3v) is 4.03. The van der Waals surface area contributed by atoms with Crippen LogP contribution >= 0.6 is 11.6 Å². The van der Waals surface area contributed by atoms with E-state index in [1.165, 1.54) is 0 Å². The molecule has 2 aromatic carbocycles. The number of aromatic amines is 1. The van der Waals surface area contributed by atoms with Crippen LogP contribution in [0.1, 0.15) is 11.3 Å². The number of hydrogen-bond acceptors (Lipinski definition) is 3. The molecule has 4 aromatic rings. The number of nitrogens with two attached hydrogens (primary N) is 1. The van der Waals surface area contributed by atoms with Crippen LogP contribution in [0.15, 0.2) is 60.8 Å². The number of aromatic nitrogens is 3. The maximum absolute atomic E-state index is 5.91. The van der Waals surface area contributed by atoms with Crippen molar-refractivity contribution in [3.63, 3.8) is 0 Å². The Morgan fingerprint density at radius 3 is 2.48 bits per heavy atom. The smallest absolute Gasteiger partial charge is 0.198 e. The van der Waals surface area contributed by atoms with Crippen molar-refractivity contribution in [3.05, 3.63) is 77.1 Å². The number of H-pyrrole nitrogens is 1. The predicted octanol–water partition coefficient (Wildman–Crippen LogP) is 4.26. The summed E-state index contributed by atoms with van der Waals surface area (Å²) in [6, 6.07) is 17.3. The maximum Gasteiger partial charge on any atom is 0.198 e. The summed E-state index contributed by atoms with van der Waals surface area (Å²) in [7, 11) is 0. The predicted molar refractivity (Wildman–Crippen MR) is 101 cm³/mol. The van der Waals surface area contributed by atoms with Crippen LogP contribution in [0, 0.1) is 11.8 Å². The molecule has 0 radical (unpaired) electrons. The monoisotopic (exact) mass is 344 g/mol. The fraction of sp³-hybridized carbons (Fsp3) is 0. The lowest BCUT2D eigenvalue weighted by Gasteiger charge is -2.01. The van der Waals surface area contributed by atoms with Crippen molar-refractivity contribution in [2.24, 2.45) is 0 Å². The van der Waals surface area contributed by atoms with Crippen molar-refractivity contribution >= 4 is 28.6 Å². The molecule has 25 heavy (non-hydrogen) atoms. The van der Waals surface area contributed by atoms with Crippen LogP contribution in [0.2, 0.25) is 5.02 Å². The number of anilines is 1. The van der Waals surface area contributed by atoms with Gasteiger partial charge in [-0.3, -0.25) is 0 Å². The van der Waals surface area contributed by atoms with Crippen LogP contribution in [0.5, 0.6) is 0 Å². The second-order valence-corrected chi connectivity index (χ2v) is 5.98. The zero-order valence-corrected chi connectivity index (χ0v) is 13.9. The highest BCUT2D eigenvalue weighted by Gasteiger charge is 2.00. The standard InChI is InChI=1S/C20H13ClN4/c21-16-6-3-14(4-7-16)15-5-9-17(23-12-15)8-1-13-2-10-18-19(11-13)25-20(22)24-18/h2-7,9-12H,(H3,22,24,25). The number of nitrogens with one attached hydrogen (secondary N) is 1. The molecule has 120 valence electrons. The van der Waals surface area contributed by atoms with Gasteiger partial charge in [0.05, 0.1) is 11.0 Å². The quantitative estimate of drug-likeness (QED) is 0.507. The number of rotatable bonds is 1. The SMILES string of the molecule is Nc1nc2ccc(C#Cc3ccc(-c4ccc(Cl)cc4)cn3)cc2[nH]1. The van der Waals surface area contributed by atoms with Gasteiger partial charge in [0.15, 0.2) is 5.95 Å². The number of hydrogen-bond donors (Lipinski definition) is 2. The Labute approximate surface area is 149 Å². The van der Waals surface area contributed by atoms with Crippen LogP contribution in [0.3, 0.4) is 0 Å². The molecular weight excluding hydrogens is 332 g/mol. The first-order valence-corrected chi connectivity index (χ1v) is 8.04. The third kappa shape index (κ3) is 3.32. The van der Waals surface area contributed by atoms with Crippen molar-refractivity contribution < 1.29 is 0 Å². The number of nitrogens with zero attached hydrogens (tertiary/aromatic N) is 2. The molecular formula is C20H13ClN4. The number of benzene rings is 2. The van der Waals surface area contributed by atoms with E-state index in [1.807, 2.05) is 60.8 Å². The van der Waals surface area contributed by atoms with E-state index in [0.29, 0.717) is 11.6 Å². The zero-order valence-electron chi connectivity index (χ0n) is 13.1. The van der Waals surface area contributed by atoms with E-state index in [4.69, 9.17) is 17.3 Å². The van der Waals surface area contributed by atoms with E-state index < -0.39 is 0 Å². The molecule has 0 amide bonds. The Bertz CT molecular complexity index is 1100. The van der Waals surface area contributed by atoms with E-state index in [2.05, 4.69) is 26.8 Å². The molecule has 0 fully saturated rings. The summed E-state index contributed by atoms with van der Waals surface area (Å²) in [6.07, 6.45) is 1.81. The summed E-state index contributed by atoms with van der Waals surface area (Å²) in [6.45, 7) is 0. The molecule has 0 unspecified atom stereocenters. The van der Waals surface area contributed by atoms with Crippen LogP contribution in [-0.2, 0) is 0 Å². The summed E-state index contributed by atoms with van der Waals surface area (Å²) in [5.74, 6) is 6.59. The molecule has 0 aliphatic heterocycles. The molecule has 4 nitrogen and oxygen atoms in total. The Morgan fingerprint density at radius 1 is 0.920 bits per heavy atom. The first kappa shape index (κ1) is 15.3.